The molecule has 26 heavy (non-hydrogen) atoms. The van der Waals surface area contributed by atoms with Gasteiger partial charge in [0.2, 0.25) is 0 Å². The van der Waals surface area contributed by atoms with E-state index in [-0.39, 0.29) is 12.1 Å². The van der Waals surface area contributed by atoms with Crippen LogP contribution in [0.2, 0.25) is 5.02 Å². The number of carbonyl (C=O) groups is 1. The number of amides is 2. The van der Waals surface area contributed by atoms with Crippen LogP contribution >= 0.6 is 11.6 Å². The Labute approximate surface area is 159 Å². The fourth-order valence-electron chi connectivity index (χ4n) is 3.07. The van der Waals surface area contributed by atoms with Crippen molar-refractivity contribution in [2.45, 2.75) is 13.0 Å². The van der Waals surface area contributed by atoms with Crippen molar-refractivity contribution in [3.05, 3.63) is 64.7 Å². The number of hydrogen-bond acceptors (Lipinski definition) is 3. The molecule has 0 radical (unpaired) electrons. The number of carbonyl (C=O) groups excluding carboxylic acids is 1. The lowest BCUT2D eigenvalue weighted by atomic mass is 10.0. The van der Waals surface area contributed by atoms with Crippen molar-refractivity contribution in [1.29, 1.82) is 0 Å². The zero-order valence-electron chi connectivity index (χ0n) is 14.9. The van der Waals surface area contributed by atoms with Gasteiger partial charge in [-0.05, 0) is 30.7 Å². The van der Waals surface area contributed by atoms with Gasteiger partial charge in [0, 0.05) is 30.3 Å². The third-order valence-corrected chi connectivity index (χ3v) is 4.72. The van der Waals surface area contributed by atoms with Crippen LogP contribution < -0.4 is 10.6 Å². The highest BCUT2D eigenvalue weighted by Crippen LogP contribution is 2.22. The molecule has 2 aromatic rings. The minimum atomic E-state index is -0.238. The molecule has 2 aromatic carbocycles. The molecular weight excluding hydrogens is 350 g/mol. The van der Waals surface area contributed by atoms with Gasteiger partial charge in [-0.2, -0.15) is 0 Å². The molecule has 1 atom stereocenters. The van der Waals surface area contributed by atoms with Crippen molar-refractivity contribution in [3.8, 4) is 0 Å². The van der Waals surface area contributed by atoms with E-state index in [1.54, 1.807) is 18.2 Å². The first kappa shape index (κ1) is 18.7. The maximum Gasteiger partial charge on any atom is 0.319 e. The summed E-state index contributed by atoms with van der Waals surface area (Å²) >= 11 is 5.96. The van der Waals surface area contributed by atoms with Crippen molar-refractivity contribution in [3.63, 3.8) is 0 Å². The van der Waals surface area contributed by atoms with Crippen LogP contribution in [0.25, 0.3) is 0 Å². The van der Waals surface area contributed by atoms with Gasteiger partial charge in [-0.15, -0.1) is 0 Å². The van der Waals surface area contributed by atoms with E-state index in [0.717, 1.165) is 26.3 Å². The second kappa shape index (κ2) is 9.03. The van der Waals surface area contributed by atoms with Gasteiger partial charge in [0.05, 0.1) is 19.3 Å². The highest BCUT2D eigenvalue weighted by molar-refractivity contribution is 6.30. The van der Waals surface area contributed by atoms with Crippen LogP contribution in [0.4, 0.5) is 10.5 Å². The number of rotatable bonds is 5. The molecule has 3 rings (SSSR count). The first-order valence-corrected chi connectivity index (χ1v) is 9.18. The number of urea groups is 1. The number of ether oxygens (including phenoxy) is 1. The molecule has 0 aliphatic carbocycles. The molecule has 0 spiro atoms. The molecule has 1 aliphatic rings. The molecule has 2 N–H and O–H groups in total. The topological polar surface area (TPSA) is 53.6 Å². The molecule has 1 unspecified atom stereocenters. The summed E-state index contributed by atoms with van der Waals surface area (Å²) < 4.78 is 5.47. The third-order valence-electron chi connectivity index (χ3n) is 4.49. The monoisotopic (exact) mass is 373 g/mol. The molecule has 138 valence electrons. The molecule has 1 aliphatic heterocycles. The van der Waals surface area contributed by atoms with Gasteiger partial charge < -0.3 is 15.4 Å². The van der Waals surface area contributed by atoms with Crippen molar-refractivity contribution < 1.29 is 9.53 Å². The summed E-state index contributed by atoms with van der Waals surface area (Å²) in [7, 11) is 0. The van der Waals surface area contributed by atoms with E-state index >= 15 is 0 Å². The Bertz CT molecular complexity index is 730. The van der Waals surface area contributed by atoms with Crippen LogP contribution in [0.3, 0.4) is 0 Å². The van der Waals surface area contributed by atoms with Gasteiger partial charge in [-0.1, -0.05) is 47.5 Å². The van der Waals surface area contributed by atoms with E-state index in [1.165, 1.54) is 11.1 Å². The minimum absolute atomic E-state index is 0.115. The fraction of sp³-hybridized carbons (Fsp3) is 0.350. The summed E-state index contributed by atoms with van der Waals surface area (Å²) in [5, 5.41) is 6.40. The average Bonchev–Trinajstić information content (AvgIpc) is 2.64. The third kappa shape index (κ3) is 5.21. The van der Waals surface area contributed by atoms with E-state index in [0.29, 0.717) is 17.3 Å². The molecule has 5 nitrogen and oxygen atoms in total. The lowest BCUT2D eigenvalue weighted by molar-refractivity contribution is 0.0168. The predicted octanol–water partition coefficient (Wildman–Crippen LogP) is 3.84. The number of morpholine rings is 1. The molecule has 1 saturated heterocycles. The molecule has 0 bridgehead atoms. The molecule has 6 heteroatoms. The van der Waals surface area contributed by atoms with Gasteiger partial charge in [0.25, 0.3) is 0 Å². The summed E-state index contributed by atoms with van der Waals surface area (Å²) in [6.45, 7) is 5.75. The molecule has 1 fully saturated rings. The van der Waals surface area contributed by atoms with Crippen molar-refractivity contribution in [2.75, 3.05) is 38.2 Å². The predicted molar refractivity (Wildman–Crippen MR) is 105 cm³/mol. The lowest BCUT2D eigenvalue weighted by Gasteiger charge is -2.35. The number of anilines is 1. The van der Waals surface area contributed by atoms with Crippen molar-refractivity contribution in [1.82, 2.24) is 10.2 Å². The van der Waals surface area contributed by atoms with E-state index in [4.69, 9.17) is 16.3 Å². The van der Waals surface area contributed by atoms with Crippen LogP contribution in [0.5, 0.6) is 0 Å². The van der Waals surface area contributed by atoms with E-state index < -0.39 is 0 Å². The maximum atomic E-state index is 12.3. The molecular formula is C20H24ClN3O2. The first-order valence-electron chi connectivity index (χ1n) is 8.80. The summed E-state index contributed by atoms with van der Waals surface area (Å²) in [5.74, 6) is 0. The number of halogens is 1. The van der Waals surface area contributed by atoms with Gasteiger partial charge in [0.15, 0.2) is 0 Å². The second-order valence-corrected chi connectivity index (χ2v) is 6.86. The number of nitrogens with one attached hydrogen (secondary N) is 2. The van der Waals surface area contributed by atoms with Crippen LogP contribution in [-0.2, 0) is 4.74 Å². The second-order valence-electron chi connectivity index (χ2n) is 6.42. The fourth-order valence-corrected chi connectivity index (χ4v) is 3.26. The molecule has 1 heterocycles. The molecule has 0 saturated carbocycles. The van der Waals surface area contributed by atoms with E-state index in [2.05, 4.69) is 46.7 Å². The molecule has 0 aromatic heterocycles. The van der Waals surface area contributed by atoms with Gasteiger partial charge in [-0.3, -0.25) is 4.90 Å². The quantitative estimate of drug-likeness (QED) is 0.837. The molecule has 2 amide bonds. The van der Waals surface area contributed by atoms with Gasteiger partial charge >= 0.3 is 6.03 Å². The summed E-state index contributed by atoms with van der Waals surface area (Å²) in [5.41, 5.74) is 3.09. The Hall–Kier alpha value is -2.08. The van der Waals surface area contributed by atoms with Gasteiger partial charge in [0.1, 0.15) is 0 Å². The number of nitrogens with zero attached hydrogens (tertiary/aromatic N) is 1. The lowest BCUT2D eigenvalue weighted by Crippen LogP contribution is -2.44. The van der Waals surface area contributed by atoms with E-state index in [9.17, 15) is 4.79 Å². The summed E-state index contributed by atoms with van der Waals surface area (Å²) in [6, 6.07) is 15.5. The van der Waals surface area contributed by atoms with Crippen LogP contribution in [0, 0.1) is 6.92 Å². The Morgan fingerprint density at radius 3 is 2.62 bits per heavy atom. The van der Waals surface area contributed by atoms with Crippen LogP contribution in [0.15, 0.2) is 48.5 Å². The summed E-state index contributed by atoms with van der Waals surface area (Å²) in [6.07, 6.45) is 0. The zero-order valence-corrected chi connectivity index (χ0v) is 15.6. The minimum Gasteiger partial charge on any atom is -0.379 e. The summed E-state index contributed by atoms with van der Waals surface area (Å²) in [4.78, 5) is 14.6. The van der Waals surface area contributed by atoms with Gasteiger partial charge in [-0.25, -0.2) is 4.79 Å². The Balaban J connectivity index is 1.65. The number of benzene rings is 2. The highest BCUT2D eigenvalue weighted by atomic mass is 35.5. The number of hydrogen-bond donors (Lipinski definition) is 2. The van der Waals surface area contributed by atoms with Crippen LogP contribution in [-0.4, -0.2) is 43.8 Å². The Kier molecular flexibility index (Phi) is 6.50. The first-order chi connectivity index (χ1) is 12.6. The highest BCUT2D eigenvalue weighted by Gasteiger charge is 2.23. The standard InChI is InChI=1S/C20H24ClN3O2/c1-15-5-7-16(8-6-15)19(24-9-11-26-12-10-24)14-22-20(25)23-18-4-2-3-17(21)13-18/h2-8,13,19H,9-12,14H2,1H3,(H2,22,23,25). The Morgan fingerprint density at radius 2 is 1.92 bits per heavy atom. The van der Waals surface area contributed by atoms with Crippen molar-refractivity contribution >= 4 is 23.3 Å². The largest absolute Gasteiger partial charge is 0.379 e. The smallest absolute Gasteiger partial charge is 0.319 e. The normalized spacial score (nSPS) is 16.1. The van der Waals surface area contributed by atoms with Crippen molar-refractivity contribution in [2.24, 2.45) is 0 Å². The van der Waals surface area contributed by atoms with E-state index in [1.807, 2.05) is 6.07 Å². The number of aryl methyl sites for hydroxylation is 1. The zero-order chi connectivity index (χ0) is 18.4. The SMILES string of the molecule is Cc1ccc(C(CNC(=O)Nc2cccc(Cl)c2)N2CCOCC2)cc1. The maximum absolute atomic E-state index is 12.3. The van der Waals surface area contributed by atoms with Crippen LogP contribution in [0.1, 0.15) is 17.2 Å². The average molecular weight is 374 g/mol. The Morgan fingerprint density at radius 1 is 1.19 bits per heavy atom.